The van der Waals surface area contributed by atoms with Crippen LogP contribution in [0, 0.1) is 5.41 Å². The van der Waals surface area contributed by atoms with Crippen LogP contribution in [0.25, 0.3) is 0 Å². The minimum atomic E-state index is -3.84. The van der Waals surface area contributed by atoms with E-state index in [0.717, 1.165) is 19.3 Å². The highest BCUT2D eigenvalue weighted by Gasteiger charge is 2.31. The van der Waals surface area contributed by atoms with E-state index in [1.165, 1.54) is 17.7 Å². The Bertz CT molecular complexity index is 1130. The third-order valence-corrected chi connectivity index (χ3v) is 7.57. The fourth-order valence-electron chi connectivity index (χ4n) is 4.11. The lowest BCUT2D eigenvalue weighted by molar-refractivity contribution is -0.140. The van der Waals surface area contributed by atoms with Crippen molar-refractivity contribution in [3.63, 3.8) is 0 Å². The van der Waals surface area contributed by atoms with Crippen molar-refractivity contribution in [2.75, 3.05) is 17.8 Å². The number of likely N-dealkylation sites (tertiary alicyclic amines) is 1. The van der Waals surface area contributed by atoms with Gasteiger partial charge in [0.15, 0.2) is 0 Å². The molecule has 35 heavy (non-hydrogen) atoms. The SMILES string of the molecule is CCCCc1ccc(NS(=O)(=O)c2cccc(C(=O)NC3CCN(C(=O)C(C)(C)C)CC3)c2)cc1. The van der Waals surface area contributed by atoms with Gasteiger partial charge in [-0.05, 0) is 61.6 Å². The van der Waals surface area contributed by atoms with Gasteiger partial charge in [-0.15, -0.1) is 0 Å². The summed E-state index contributed by atoms with van der Waals surface area (Å²) in [7, 11) is -3.84. The Balaban J connectivity index is 1.61. The van der Waals surface area contributed by atoms with Crippen LogP contribution in [0.3, 0.4) is 0 Å². The van der Waals surface area contributed by atoms with Crippen LogP contribution in [0.1, 0.15) is 69.3 Å². The maximum atomic E-state index is 12.9. The van der Waals surface area contributed by atoms with Crippen molar-refractivity contribution in [3.05, 3.63) is 59.7 Å². The zero-order valence-electron chi connectivity index (χ0n) is 21.1. The summed E-state index contributed by atoms with van der Waals surface area (Å²) in [6, 6.07) is 13.4. The normalized spacial score (nSPS) is 15.0. The predicted octanol–water partition coefficient (Wildman–Crippen LogP) is 4.60. The first kappa shape index (κ1) is 26.7. The van der Waals surface area contributed by atoms with E-state index in [4.69, 9.17) is 0 Å². The molecule has 1 aliphatic heterocycles. The van der Waals surface area contributed by atoms with Gasteiger partial charge >= 0.3 is 0 Å². The molecule has 0 radical (unpaired) electrons. The van der Waals surface area contributed by atoms with Crippen molar-refractivity contribution in [2.45, 2.75) is 70.7 Å². The molecule has 3 rings (SSSR count). The molecular formula is C27H37N3O4S. The number of benzene rings is 2. The molecule has 8 heteroatoms. The standard InChI is InChI=1S/C27H37N3O4S/c1-5-6-8-20-11-13-23(14-12-20)29-35(33,34)24-10-7-9-21(19-24)25(31)28-22-15-17-30(18-16-22)26(32)27(2,3)4/h7,9-14,19,22,29H,5-6,8,15-18H2,1-4H3,(H,28,31). The molecular weight excluding hydrogens is 462 g/mol. The van der Waals surface area contributed by atoms with Crippen LogP contribution in [0.15, 0.2) is 53.4 Å². The minimum absolute atomic E-state index is 0.0332. The third-order valence-electron chi connectivity index (χ3n) is 6.19. The minimum Gasteiger partial charge on any atom is -0.349 e. The van der Waals surface area contributed by atoms with E-state index in [2.05, 4.69) is 17.0 Å². The number of nitrogens with zero attached hydrogens (tertiary/aromatic N) is 1. The van der Waals surface area contributed by atoms with E-state index in [-0.39, 0.29) is 28.3 Å². The summed E-state index contributed by atoms with van der Waals surface area (Å²) >= 11 is 0. The van der Waals surface area contributed by atoms with Crippen molar-refractivity contribution in [1.82, 2.24) is 10.2 Å². The average molecular weight is 500 g/mol. The van der Waals surface area contributed by atoms with Gasteiger partial charge in [-0.2, -0.15) is 0 Å². The predicted molar refractivity (Wildman–Crippen MR) is 139 cm³/mol. The van der Waals surface area contributed by atoms with Gasteiger partial charge in [-0.1, -0.05) is 52.3 Å². The molecule has 0 atom stereocenters. The number of anilines is 1. The lowest BCUT2D eigenvalue weighted by Crippen LogP contribution is -2.49. The van der Waals surface area contributed by atoms with Crippen LogP contribution in [0.2, 0.25) is 0 Å². The first-order valence-electron chi connectivity index (χ1n) is 12.3. The Kier molecular flexibility index (Phi) is 8.59. The van der Waals surface area contributed by atoms with Gasteiger partial charge in [0.2, 0.25) is 5.91 Å². The van der Waals surface area contributed by atoms with E-state index < -0.39 is 15.4 Å². The molecule has 2 N–H and O–H groups in total. The first-order chi connectivity index (χ1) is 16.5. The summed E-state index contributed by atoms with van der Waals surface area (Å²) in [6.45, 7) is 9.04. The molecule has 0 unspecified atom stereocenters. The van der Waals surface area contributed by atoms with Gasteiger partial charge in [0.1, 0.15) is 0 Å². The Morgan fingerprint density at radius 3 is 2.29 bits per heavy atom. The van der Waals surface area contributed by atoms with Gasteiger partial charge in [-0.3, -0.25) is 14.3 Å². The summed E-state index contributed by atoms with van der Waals surface area (Å²) in [5.41, 5.74) is 1.52. The molecule has 0 aromatic heterocycles. The van der Waals surface area contributed by atoms with Gasteiger partial charge < -0.3 is 10.2 Å². The van der Waals surface area contributed by atoms with E-state index >= 15 is 0 Å². The van der Waals surface area contributed by atoms with Crippen molar-refractivity contribution in [2.24, 2.45) is 5.41 Å². The number of amides is 2. The summed E-state index contributed by atoms with van der Waals surface area (Å²) in [6.07, 6.45) is 4.50. The maximum Gasteiger partial charge on any atom is 0.261 e. The smallest absolute Gasteiger partial charge is 0.261 e. The highest BCUT2D eigenvalue weighted by Crippen LogP contribution is 2.22. The first-order valence-corrected chi connectivity index (χ1v) is 13.8. The molecule has 2 aromatic rings. The number of piperidine rings is 1. The zero-order chi connectivity index (χ0) is 25.6. The van der Waals surface area contributed by atoms with Crippen LogP contribution >= 0.6 is 0 Å². The number of unbranched alkanes of at least 4 members (excludes halogenated alkanes) is 1. The molecule has 7 nitrogen and oxygen atoms in total. The van der Waals surface area contributed by atoms with Crippen LogP contribution < -0.4 is 10.0 Å². The van der Waals surface area contributed by atoms with Gasteiger partial charge in [0.25, 0.3) is 15.9 Å². The summed E-state index contributed by atoms with van der Waals surface area (Å²) in [5, 5.41) is 2.99. The number of carbonyl (C=O) groups excluding carboxylic acids is 2. The van der Waals surface area contributed by atoms with E-state index in [0.29, 0.717) is 31.6 Å². The molecule has 0 bridgehead atoms. The molecule has 2 aromatic carbocycles. The van der Waals surface area contributed by atoms with E-state index in [1.54, 1.807) is 24.3 Å². The zero-order valence-corrected chi connectivity index (χ0v) is 22.0. The molecule has 0 aliphatic carbocycles. The number of rotatable bonds is 8. The average Bonchev–Trinajstić information content (AvgIpc) is 2.83. The van der Waals surface area contributed by atoms with Gasteiger partial charge in [0.05, 0.1) is 4.90 Å². The fourth-order valence-corrected chi connectivity index (χ4v) is 5.21. The fraction of sp³-hybridized carbons (Fsp3) is 0.481. The van der Waals surface area contributed by atoms with Crippen LogP contribution in [0.4, 0.5) is 5.69 Å². The second-order valence-corrected chi connectivity index (χ2v) is 11.9. The molecule has 0 saturated carbocycles. The van der Waals surface area contributed by atoms with E-state index in [9.17, 15) is 18.0 Å². The maximum absolute atomic E-state index is 12.9. The van der Waals surface area contributed by atoms with Crippen molar-refractivity contribution in [3.8, 4) is 0 Å². The Morgan fingerprint density at radius 1 is 1.03 bits per heavy atom. The van der Waals surface area contributed by atoms with Crippen molar-refractivity contribution < 1.29 is 18.0 Å². The number of sulfonamides is 1. The Hall–Kier alpha value is -2.87. The van der Waals surface area contributed by atoms with Gasteiger partial charge in [-0.25, -0.2) is 8.42 Å². The quantitative estimate of drug-likeness (QED) is 0.555. The molecule has 2 amide bonds. The molecule has 1 fully saturated rings. The number of aryl methyl sites for hydroxylation is 1. The van der Waals surface area contributed by atoms with E-state index in [1.807, 2.05) is 37.8 Å². The van der Waals surface area contributed by atoms with Crippen LogP contribution in [-0.4, -0.2) is 44.3 Å². The topological polar surface area (TPSA) is 95.6 Å². The molecule has 0 spiro atoms. The molecule has 1 aliphatic rings. The summed E-state index contributed by atoms with van der Waals surface area (Å²) < 4.78 is 28.4. The number of hydrogen-bond acceptors (Lipinski definition) is 4. The van der Waals surface area contributed by atoms with Gasteiger partial charge in [0, 0.05) is 35.8 Å². The highest BCUT2D eigenvalue weighted by molar-refractivity contribution is 7.92. The lowest BCUT2D eigenvalue weighted by atomic mass is 9.93. The molecule has 1 heterocycles. The van der Waals surface area contributed by atoms with Crippen LogP contribution in [0.5, 0.6) is 0 Å². The lowest BCUT2D eigenvalue weighted by Gasteiger charge is -2.36. The number of hydrogen-bond donors (Lipinski definition) is 2. The Labute approximate surface area is 209 Å². The molecule has 1 saturated heterocycles. The number of nitrogens with one attached hydrogen (secondary N) is 2. The second kappa shape index (κ2) is 11.2. The van der Waals surface area contributed by atoms with Crippen LogP contribution in [-0.2, 0) is 21.2 Å². The second-order valence-electron chi connectivity index (χ2n) is 10.2. The Morgan fingerprint density at radius 2 is 1.69 bits per heavy atom. The third kappa shape index (κ3) is 7.31. The largest absolute Gasteiger partial charge is 0.349 e. The summed E-state index contributed by atoms with van der Waals surface area (Å²) in [4.78, 5) is 27.2. The highest BCUT2D eigenvalue weighted by atomic mass is 32.2. The van der Waals surface area contributed by atoms with Crippen molar-refractivity contribution in [1.29, 1.82) is 0 Å². The number of carbonyl (C=O) groups is 2. The van der Waals surface area contributed by atoms with Crippen molar-refractivity contribution >= 4 is 27.5 Å². The molecule has 190 valence electrons. The summed E-state index contributed by atoms with van der Waals surface area (Å²) in [5.74, 6) is -0.203. The monoisotopic (exact) mass is 499 g/mol.